The molecule has 0 fully saturated rings. The van der Waals surface area contributed by atoms with E-state index in [2.05, 4.69) is 15.6 Å². The molecule has 0 aromatic carbocycles. The molecule has 2 amide bonds. The molecule has 0 bridgehead atoms. The Bertz CT molecular complexity index is 408. The number of nitrogens with zero attached hydrogens (tertiary/aromatic N) is 1. The van der Waals surface area contributed by atoms with E-state index in [1.54, 1.807) is 18.5 Å². The second-order valence-electron chi connectivity index (χ2n) is 4.51. The van der Waals surface area contributed by atoms with Crippen molar-refractivity contribution >= 4 is 28.5 Å². The molecule has 0 spiro atoms. The van der Waals surface area contributed by atoms with Crippen LogP contribution in [0.3, 0.4) is 0 Å². The van der Waals surface area contributed by atoms with Crippen LogP contribution in [0, 0.1) is 5.92 Å². The SMILES string of the molecule is CC(CCCC(C)C(=O)O)NC(=O)Nc1nccs1. The van der Waals surface area contributed by atoms with Gasteiger partial charge in [0, 0.05) is 17.6 Å². The zero-order valence-corrected chi connectivity index (χ0v) is 11.9. The second-order valence-corrected chi connectivity index (χ2v) is 5.40. The summed E-state index contributed by atoms with van der Waals surface area (Å²) in [7, 11) is 0. The van der Waals surface area contributed by atoms with Gasteiger partial charge in [-0.3, -0.25) is 10.1 Å². The summed E-state index contributed by atoms with van der Waals surface area (Å²) in [4.78, 5) is 26.2. The van der Waals surface area contributed by atoms with Crippen molar-refractivity contribution < 1.29 is 14.7 Å². The van der Waals surface area contributed by atoms with Crippen LogP contribution in [-0.2, 0) is 4.79 Å². The number of aliphatic carboxylic acids is 1. The van der Waals surface area contributed by atoms with Crippen LogP contribution < -0.4 is 10.6 Å². The molecule has 2 atom stereocenters. The molecule has 1 aromatic rings. The fourth-order valence-electron chi connectivity index (χ4n) is 1.57. The van der Waals surface area contributed by atoms with Crippen molar-refractivity contribution in [1.82, 2.24) is 10.3 Å². The lowest BCUT2D eigenvalue weighted by Crippen LogP contribution is -2.36. The molecule has 1 heterocycles. The number of urea groups is 1. The van der Waals surface area contributed by atoms with E-state index in [4.69, 9.17) is 5.11 Å². The number of anilines is 1. The van der Waals surface area contributed by atoms with Crippen LogP contribution in [0.1, 0.15) is 33.1 Å². The van der Waals surface area contributed by atoms with Gasteiger partial charge in [0.15, 0.2) is 5.13 Å². The Morgan fingerprint density at radius 2 is 2.16 bits per heavy atom. The van der Waals surface area contributed by atoms with E-state index in [0.29, 0.717) is 11.6 Å². The monoisotopic (exact) mass is 285 g/mol. The van der Waals surface area contributed by atoms with Gasteiger partial charge in [0.05, 0.1) is 5.92 Å². The first-order valence-corrected chi connectivity index (χ1v) is 7.07. The highest BCUT2D eigenvalue weighted by atomic mass is 32.1. The largest absolute Gasteiger partial charge is 0.481 e. The van der Waals surface area contributed by atoms with E-state index in [9.17, 15) is 9.59 Å². The molecule has 106 valence electrons. The molecule has 0 saturated heterocycles. The fourth-order valence-corrected chi connectivity index (χ4v) is 2.09. The Labute approximate surface area is 116 Å². The number of carbonyl (C=O) groups is 2. The topological polar surface area (TPSA) is 91.3 Å². The summed E-state index contributed by atoms with van der Waals surface area (Å²) in [5.41, 5.74) is 0. The molecule has 1 rings (SSSR count). The first-order valence-electron chi connectivity index (χ1n) is 6.19. The van der Waals surface area contributed by atoms with E-state index < -0.39 is 5.97 Å². The summed E-state index contributed by atoms with van der Waals surface area (Å²) < 4.78 is 0. The number of carboxylic acid groups (broad SMARTS) is 1. The van der Waals surface area contributed by atoms with Gasteiger partial charge in [0.25, 0.3) is 0 Å². The maximum Gasteiger partial charge on any atom is 0.321 e. The summed E-state index contributed by atoms with van der Waals surface area (Å²) in [5, 5.41) is 16.5. The average molecular weight is 285 g/mol. The zero-order valence-electron chi connectivity index (χ0n) is 11.0. The first-order chi connectivity index (χ1) is 8.99. The lowest BCUT2D eigenvalue weighted by Gasteiger charge is -2.14. The Kier molecular flexibility index (Phi) is 6.27. The smallest absolute Gasteiger partial charge is 0.321 e. The Hall–Kier alpha value is -1.63. The summed E-state index contributed by atoms with van der Waals surface area (Å²) in [5.74, 6) is -1.11. The first kappa shape index (κ1) is 15.4. The third kappa shape index (κ3) is 6.19. The lowest BCUT2D eigenvalue weighted by molar-refractivity contribution is -0.141. The molecule has 1 aromatic heterocycles. The Balaban J connectivity index is 2.18. The minimum absolute atomic E-state index is 0.000886. The van der Waals surface area contributed by atoms with Gasteiger partial charge in [-0.25, -0.2) is 9.78 Å². The van der Waals surface area contributed by atoms with Gasteiger partial charge < -0.3 is 10.4 Å². The Morgan fingerprint density at radius 3 is 2.74 bits per heavy atom. The van der Waals surface area contributed by atoms with Crippen LogP contribution in [0.15, 0.2) is 11.6 Å². The fraction of sp³-hybridized carbons (Fsp3) is 0.583. The van der Waals surface area contributed by atoms with Gasteiger partial charge in [0.1, 0.15) is 0 Å². The predicted octanol–water partition coefficient (Wildman–Crippen LogP) is 2.54. The van der Waals surface area contributed by atoms with Gasteiger partial charge in [-0.2, -0.15) is 0 Å². The van der Waals surface area contributed by atoms with Crippen LogP contribution in [0.25, 0.3) is 0 Å². The third-order valence-corrected chi connectivity index (χ3v) is 3.41. The molecular formula is C12H19N3O3S. The van der Waals surface area contributed by atoms with Gasteiger partial charge in [0.2, 0.25) is 0 Å². The van der Waals surface area contributed by atoms with E-state index in [0.717, 1.165) is 12.8 Å². The number of rotatable bonds is 7. The molecular weight excluding hydrogens is 266 g/mol. The molecule has 0 radical (unpaired) electrons. The number of thiazole rings is 1. The predicted molar refractivity (Wildman–Crippen MR) is 74.4 cm³/mol. The molecule has 0 aliphatic heterocycles. The number of hydrogen-bond donors (Lipinski definition) is 3. The highest BCUT2D eigenvalue weighted by molar-refractivity contribution is 7.13. The minimum atomic E-state index is -0.776. The number of carboxylic acids is 1. The standard InChI is InChI=1S/C12H19N3O3S/c1-8(10(16)17)4-3-5-9(2)14-11(18)15-12-13-6-7-19-12/h6-9H,3-5H2,1-2H3,(H,16,17)(H2,13,14,15,18). The molecule has 7 heteroatoms. The molecule has 0 saturated carbocycles. The lowest BCUT2D eigenvalue weighted by atomic mass is 10.0. The summed E-state index contributed by atoms with van der Waals surface area (Å²) in [6, 6.07) is -0.283. The van der Waals surface area contributed by atoms with Crippen molar-refractivity contribution in [3.8, 4) is 0 Å². The van der Waals surface area contributed by atoms with Crippen molar-refractivity contribution in [2.45, 2.75) is 39.2 Å². The average Bonchev–Trinajstić information content (AvgIpc) is 2.81. The van der Waals surface area contributed by atoms with E-state index in [1.807, 2.05) is 6.92 Å². The summed E-state index contributed by atoms with van der Waals surface area (Å²) in [6.07, 6.45) is 3.77. The quantitative estimate of drug-likeness (QED) is 0.718. The van der Waals surface area contributed by atoms with Gasteiger partial charge in [-0.15, -0.1) is 11.3 Å². The van der Waals surface area contributed by atoms with Crippen molar-refractivity contribution in [3.05, 3.63) is 11.6 Å². The highest BCUT2D eigenvalue weighted by Crippen LogP contribution is 2.11. The summed E-state index contributed by atoms with van der Waals surface area (Å²) in [6.45, 7) is 3.59. The van der Waals surface area contributed by atoms with Gasteiger partial charge in [-0.1, -0.05) is 13.3 Å². The summed E-state index contributed by atoms with van der Waals surface area (Å²) >= 11 is 1.35. The molecule has 0 aliphatic rings. The van der Waals surface area contributed by atoms with Crippen LogP contribution in [-0.4, -0.2) is 28.1 Å². The normalized spacial score (nSPS) is 13.6. The van der Waals surface area contributed by atoms with Crippen molar-refractivity contribution in [1.29, 1.82) is 0 Å². The van der Waals surface area contributed by atoms with Gasteiger partial charge >= 0.3 is 12.0 Å². The van der Waals surface area contributed by atoms with Crippen molar-refractivity contribution in [2.75, 3.05) is 5.32 Å². The maximum atomic E-state index is 11.6. The molecule has 2 unspecified atom stereocenters. The zero-order chi connectivity index (χ0) is 14.3. The number of carbonyl (C=O) groups excluding carboxylic acids is 1. The number of nitrogens with one attached hydrogen (secondary N) is 2. The van der Waals surface area contributed by atoms with Crippen LogP contribution in [0.5, 0.6) is 0 Å². The van der Waals surface area contributed by atoms with Crippen LogP contribution >= 0.6 is 11.3 Å². The molecule has 19 heavy (non-hydrogen) atoms. The maximum absolute atomic E-state index is 11.6. The molecule has 3 N–H and O–H groups in total. The van der Waals surface area contributed by atoms with Crippen molar-refractivity contribution in [3.63, 3.8) is 0 Å². The van der Waals surface area contributed by atoms with E-state index in [1.165, 1.54) is 11.3 Å². The van der Waals surface area contributed by atoms with Crippen LogP contribution in [0.4, 0.5) is 9.93 Å². The van der Waals surface area contributed by atoms with Crippen LogP contribution in [0.2, 0.25) is 0 Å². The van der Waals surface area contributed by atoms with E-state index >= 15 is 0 Å². The van der Waals surface area contributed by atoms with E-state index in [-0.39, 0.29) is 18.0 Å². The molecule has 0 aliphatic carbocycles. The number of amides is 2. The van der Waals surface area contributed by atoms with Gasteiger partial charge in [-0.05, 0) is 19.8 Å². The highest BCUT2D eigenvalue weighted by Gasteiger charge is 2.12. The minimum Gasteiger partial charge on any atom is -0.481 e. The number of hydrogen-bond acceptors (Lipinski definition) is 4. The Morgan fingerprint density at radius 1 is 1.42 bits per heavy atom. The second kappa shape index (κ2) is 7.73. The number of aromatic nitrogens is 1. The molecule has 6 nitrogen and oxygen atoms in total. The third-order valence-electron chi connectivity index (χ3n) is 2.73. The van der Waals surface area contributed by atoms with Crippen molar-refractivity contribution in [2.24, 2.45) is 5.92 Å².